The summed E-state index contributed by atoms with van der Waals surface area (Å²) in [7, 11) is 0. The first-order valence-electron chi connectivity index (χ1n) is 10.1. The van der Waals surface area contributed by atoms with Gasteiger partial charge in [-0.25, -0.2) is 0 Å². The van der Waals surface area contributed by atoms with E-state index >= 15 is 0 Å². The van der Waals surface area contributed by atoms with Crippen molar-refractivity contribution in [2.75, 3.05) is 19.8 Å². The van der Waals surface area contributed by atoms with Gasteiger partial charge in [0.05, 0.1) is 17.2 Å². The van der Waals surface area contributed by atoms with Gasteiger partial charge in [0.2, 0.25) is 5.17 Å². The number of carbonyl (C=O) groups excluding carboxylic acids is 1. The first-order valence-corrected chi connectivity index (χ1v) is 10.9. The van der Waals surface area contributed by atoms with E-state index in [2.05, 4.69) is 10.1 Å². The number of ether oxygens (including phenoxy) is 3. The molecule has 2 aromatic rings. The van der Waals surface area contributed by atoms with Crippen LogP contribution in [0.15, 0.2) is 64.2 Å². The number of benzene rings is 2. The fraction of sp³-hybridized carbons (Fsp3) is 0.217. The smallest absolute Gasteiger partial charge is 0.283 e. The molecular formula is C23H22N4O4S. The van der Waals surface area contributed by atoms with Gasteiger partial charge in [-0.05, 0) is 61.5 Å². The van der Waals surface area contributed by atoms with Crippen molar-refractivity contribution in [1.82, 2.24) is 5.01 Å². The van der Waals surface area contributed by atoms with Crippen molar-refractivity contribution < 1.29 is 19.0 Å². The molecule has 2 aliphatic rings. The summed E-state index contributed by atoms with van der Waals surface area (Å²) < 4.78 is 17.2. The molecule has 0 radical (unpaired) electrons. The summed E-state index contributed by atoms with van der Waals surface area (Å²) in [6.45, 7) is 4.89. The van der Waals surface area contributed by atoms with Gasteiger partial charge in [-0.2, -0.15) is 15.1 Å². The van der Waals surface area contributed by atoms with Gasteiger partial charge < -0.3 is 14.2 Å². The highest BCUT2D eigenvalue weighted by molar-refractivity contribution is 8.26. The molecular weight excluding hydrogens is 428 g/mol. The van der Waals surface area contributed by atoms with E-state index in [1.807, 2.05) is 44.2 Å². The van der Waals surface area contributed by atoms with E-state index < -0.39 is 5.91 Å². The van der Waals surface area contributed by atoms with Crippen LogP contribution >= 0.6 is 11.8 Å². The first-order chi connectivity index (χ1) is 15.5. The Morgan fingerprint density at radius 1 is 1.06 bits per heavy atom. The zero-order valence-electron chi connectivity index (χ0n) is 17.7. The van der Waals surface area contributed by atoms with Crippen LogP contribution in [0.4, 0.5) is 0 Å². The topological polar surface area (TPSA) is 96.6 Å². The van der Waals surface area contributed by atoms with Crippen LogP contribution in [0.5, 0.6) is 17.2 Å². The summed E-state index contributed by atoms with van der Waals surface area (Å²) >= 11 is 1.27. The van der Waals surface area contributed by atoms with Crippen LogP contribution < -0.4 is 14.2 Å². The number of nitrogens with one attached hydrogen (secondary N) is 1. The molecule has 0 spiro atoms. The Balaban J connectivity index is 1.47. The van der Waals surface area contributed by atoms with Crippen LogP contribution in [0.3, 0.4) is 0 Å². The molecule has 2 heterocycles. The molecule has 0 fully saturated rings. The van der Waals surface area contributed by atoms with Crippen LogP contribution in [-0.2, 0) is 4.79 Å². The molecule has 0 aliphatic carbocycles. The Labute approximate surface area is 190 Å². The zero-order chi connectivity index (χ0) is 22.5. The molecule has 0 bridgehead atoms. The summed E-state index contributed by atoms with van der Waals surface area (Å²) in [5, 5.41) is 15.1. The fourth-order valence-electron chi connectivity index (χ4n) is 3.08. The number of aliphatic imine (C=N–C) groups is 1. The number of thioether (sulfide) groups is 1. The van der Waals surface area contributed by atoms with Crippen molar-refractivity contribution >= 4 is 39.8 Å². The van der Waals surface area contributed by atoms with Gasteiger partial charge in [0.25, 0.3) is 5.91 Å². The average Bonchev–Trinajstić information content (AvgIpc) is 3.16. The summed E-state index contributed by atoms with van der Waals surface area (Å²) in [5.41, 5.74) is 0.862. The van der Waals surface area contributed by atoms with E-state index in [4.69, 9.17) is 19.6 Å². The third-order valence-corrected chi connectivity index (χ3v) is 5.31. The molecule has 9 heteroatoms. The highest BCUT2D eigenvalue weighted by Crippen LogP contribution is 2.31. The van der Waals surface area contributed by atoms with Crippen LogP contribution in [0.1, 0.15) is 19.4 Å². The van der Waals surface area contributed by atoms with Crippen molar-refractivity contribution in [3.63, 3.8) is 0 Å². The molecule has 164 valence electrons. The first kappa shape index (κ1) is 21.6. The van der Waals surface area contributed by atoms with Gasteiger partial charge in [-0.3, -0.25) is 10.2 Å². The maximum Gasteiger partial charge on any atom is 0.283 e. The number of para-hydroxylation sites is 1. The van der Waals surface area contributed by atoms with Gasteiger partial charge in [0.15, 0.2) is 17.3 Å². The summed E-state index contributed by atoms with van der Waals surface area (Å²) in [6, 6.07) is 14.9. The van der Waals surface area contributed by atoms with E-state index in [9.17, 15) is 4.79 Å². The number of rotatable bonds is 8. The Morgan fingerprint density at radius 3 is 2.62 bits per heavy atom. The number of hydrogen-bond acceptors (Lipinski definition) is 7. The van der Waals surface area contributed by atoms with Crippen molar-refractivity contribution in [3.05, 3.63) is 59.7 Å². The third kappa shape index (κ3) is 4.83. The minimum atomic E-state index is -0.463. The number of hydrazone groups is 1. The number of fused-ring (bicyclic) bond motifs is 1. The van der Waals surface area contributed by atoms with Gasteiger partial charge in [-0.15, -0.1) is 0 Å². The average molecular weight is 451 g/mol. The monoisotopic (exact) mass is 450 g/mol. The zero-order valence-corrected chi connectivity index (χ0v) is 18.5. The lowest BCUT2D eigenvalue weighted by Gasteiger charge is -2.20. The second kappa shape index (κ2) is 9.69. The number of nitrogens with zero attached hydrogens (tertiary/aromatic N) is 3. The summed E-state index contributed by atoms with van der Waals surface area (Å²) in [6.07, 6.45) is 1.61. The van der Waals surface area contributed by atoms with Crippen molar-refractivity contribution in [2.45, 2.75) is 13.8 Å². The van der Waals surface area contributed by atoms with Crippen LogP contribution in [-0.4, -0.2) is 46.8 Å². The van der Waals surface area contributed by atoms with Crippen molar-refractivity contribution in [1.29, 1.82) is 5.41 Å². The van der Waals surface area contributed by atoms with Crippen LogP contribution in [0, 0.1) is 5.41 Å². The third-order valence-electron chi connectivity index (χ3n) is 4.49. The Hall–Kier alpha value is -3.59. The number of amides is 1. The lowest BCUT2D eigenvalue weighted by molar-refractivity contribution is -0.114. The molecule has 2 aromatic carbocycles. The van der Waals surface area contributed by atoms with E-state index in [0.717, 1.165) is 10.8 Å². The summed E-state index contributed by atoms with van der Waals surface area (Å²) in [4.78, 5) is 16.5. The quantitative estimate of drug-likeness (QED) is 0.479. The maximum atomic E-state index is 12.5. The van der Waals surface area contributed by atoms with Gasteiger partial charge in [0, 0.05) is 0 Å². The second-order valence-electron chi connectivity index (χ2n) is 6.79. The normalized spacial score (nSPS) is 16.6. The van der Waals surface area contributed by atoms with Gasteiger partial charge in [0.1, 0.15) is 19.0 Å². The molecule has 0 saturated carbocycles. The van der Waals surface area contributed by atoms with Crippen LogP contribution in [0.25, 0.3) is 6.08 Å². The van der Waals surface area contributed by atoms with E-state index in [0.29, 0.717) is 42.1 Å². The number of amidine groups is 2. The molecule has 1 amide bonds. The Kier molecular flexibility index (Phi) is 6.55. The highest BCUT2D eigenvalue weighted by atomic mass is 32.2. The molecule has 0 aromatic heterocycles. The fourth-order valence-corrected chi connectivity index (χ4v) is 3.82. The summed E-state index contributed by atoms with van der Waals surface area (Å²) in [5.74, 6) is 1.44. The van der Waals surface area contributed by atoms with E-state index in [1.165, 1.54) is 16.8 Å². The molecule has 2 aliphatic heterocycles. The molecule has 1 N–H and O–H groups in total. The van der Waals surface area contributed by atoms with Gasteiger partial charge in [-0.1, -0.05) is 24.3 Å². The van der Waals surface area contributed by atoms with E-state index in [-0.39, 0.29) is 11.4 Å². The molecule has 32 heavy (non-hydrogen) atoms. The molecule has 0 saturated heterocycles. The Bertz CT molecular complexity index is 1130. The minimum Gasteiger partial charge on any atom is -0.490 e. The molecule has 8 nitrogen and oxygen atoms in total. The second-order valence-corrected chi connectivity index (χ2v) is 7.95. The number of carbonyl (C=O) groups is 1. The minimum absolute atomic E-state index is 0.000646. The predicted molar refractivity (Wildman–Crippen MR) is 126 cm³/mol. The molecule has 0 unspecified atom stereocenters. The largest absolute Gasteiger partial charge is 0.490 e. The standard InChI is InChI=1S/C23H22N4O4S/c1-3-29-20-14-16(9-10-19(20)31-12-11-30-17-7-5-4-6-8-17)13-18-21(24)27-23(25-22(18)28)32-15(2)26-27/h4-10,13-14,24H,3,11-12H2,1-2H3/b18-13-,24-21?. The highest BCUT2D eigenvalue weighted by Gasteiger charge is 2.34. The SMILES string of the molecule is CCOc1cc(/C=C2/C(=N)N3N=C(C)SC3=NC2=O)ccc1OCCOc1ccccc1. The number of hydrogen-bond donors (Lipinski definition) is 1. The molecule has 0 atom stereocenters. The van der Waals surface area contributed by atoms with Crippen LogP contribution in [0.2, 0.25) is 0 Å². The van der Waals surface area contributed by atoms with E-state index in [1.54, 1.807) is 24.3 Å². The maximum absolute atomic E-state index is 12.5. The lowest BCUT2D eigenvalue weighted by atomic mass is 10.1. The van der Waals surface area contributed by atoms with Crippen molar-refractivity contribution in [2.24, 2.45) is 10.1 Å². The predicted octanol–water partition coefficient (Wildman–Crippen LogP) is 4.18. The van der Waals surface area contributed by atoms with Crippen molar-refractivity contribution in [3.8, 4) is 17.2 Å². The Morgan fingerprint density at radius 2 is 1.84 bits per heavy atom. The molecule has 4 rings (SSSR count). The lowest BCUT2D eigenvalue weighted by Crippen LogP contribution is -2.35. The van der Waals surface area contributed by atoms with Gasteiger partial charge >= 0.3 is 0 Å².